The van der Waals surface area contributed by atoms with Crippen LogP contribution in [0, 0.1) is 0 Å². The van der Waals surface area contributed by atoms with Crippen molar-refractivity contribution in [3.63, 3.8) is 0 Å². The Morgan fingerprint density at radius 3 is 2.42 bits per heavy atom. The monoisotopic (exact) mass is 512 g/mol. The molecule has 1 aliphatic heterocycles. The number of fused-ring (bicyclic) bond motifs is 1. The average molecular weight is 513 g/mol. The smallest absolute Gasteiger partial charge is 0.271 e. The van der Waals surface area contributed by atoms with E-state index < -0.39 is 6.10 Å². The highest BCUT2D eigenvalue weighted by Gasteiger charge is 2.51. The van der Waals surface area contributed by atoms with Crippen molar-refractivity contribution in [3.05, 3.63) is 108 Å². The number of anilines is 1. The first-order valence-corrected chi connectivity index (χ1v) is 12.7. The van der Waals surface area contributed by atoms with Gasteiger partial charge in [0.2, 0.25) is 6.10 Å². The summed E-state index contributed by atoms with van der Waals surface area (Å²) >= 11 is 7.77. The van der Waals surface area contributed by atoms with E-state index in [1.54, 1.807) is 23.3 Å². The number of aromatic nitrogens is 1. The highest BCUT2D eigenvalue weighted by molar-refractivity contribution is 7.21. The van der Waals surface area contributed by atoms with E-state index in [4.69, 9.17) is 26.1 Å². The molecule has 0 radical (unpaired) electrons. The van der Waals surface area contributed by atoms with Crippen LogP contribution in [0.25, 0.3) is 20.8 Å². The minimum atomic E-state index is -0.668. The zero-order chi connectivity index (χ0) is 24.6. The molecule has 0 unspecified atom stereocenters. The molecule has 36 heavy (non-hydrogen) atoms. The lowest BCUT2D eigenvalue weighted by molar-refractivity contribution is -0.135. The molecule has 1 aromatic heterocycles. The fourth-order valence-electron chi connectivity index (χ4n) is 4.44. The molecule has 0 bridgehead atoms. The third-order valence-corrected chi connectivity index (χ3v) is 7.58. The number of rotatable bonds is 6. The molecule has 1 saturated heterocycles. The second-order valence-corrected chi connectivity index (χ2v) is 9.92. The third kappa shape index (κ3) is 4.08. The molecule has 6 rings (SSSR count). The van der Waals surface area contributed by atoms with Crippen molar-refractivity contribution in [2.75, 3.05) is 12.0 Å². The van der Waals surface area contributed by atoms with Crippen molar-refractivity contribution in [1.29, 1.82) is 0 Å². The molecule has 4 aromatic carbocycles. The molecule has 7 heteroatoms. The van der Waals surface area contributed by atoms with Crippen molar-refractivity contribution in [2.24, 2.45) is 0 Å². The lowest BCUT2D eigenvalue weighted by atomic mass is 9.89. The van der Waals surface area contributed by atoms with Crippen LogP contribution >= 0.6 is 22.9 Å². The Bertz CT molecular complexity index is 1520. The number of nitrogens with zero attached hydrogens (tertiary/aromatic N) is 2. The van der Waals surface area contributed by atoms with Gasteiger partial charge in [0, 0.05) is 16.3 Å². The van der Waals surface area contributed by atoms with Gasteiger partial charge in [-0.15, -0.1) is 11.3 Å². The van der Waals surface area contributed by atoms with Crippen molar-refractivity contribution in [3.8, 4) is 22.1 Å². The minimum Gasteiger partial charge on any atom is -0.497 e. The molecule has 1 amide bonds. The zero-order valence-electron chi connectivity index (χ0n) is 19.3. The molecule has 0 spiro atoms. The van der Waals surface area contributed by atoms with Crippen molar-refractivity contribution in [2.45, 2.75) is 12.1 Å². The SMILES string of the molecule is COc1ccc(N2C(=O)[C@H](Oc3cccc(-c4nc5ccccc5s4)c3)[C@@H]2c2ccc(Cl)cc2)cc1. The van der Waals surface area contributed by atoms with Crippen molar-refractivity contribution >= 4 is 44.7 Å². The van der Waals surface area contributed by atoms with Gasteiger partial charge < -0.3 is 9.47 Å². The quantitative estimate of drug-likeness (QED) is 0.226. The minimum absolute atomic E-state index is 0.106. The molecule has 178 valence electrons. The summed E-state index contributed by atoms with van der Waals surface area (Å²) in [5, 5.41) is 1.55. The normalized spacial score (nSPS) is 17.2. The maximum Gasteiger partial charge on any atom is 0.271 e. The molecule has 5 aromatic rings. The first kappa shape index (κ1) is 22.6. The highest BCUT2D eigenvalue weighted by atomic mass is 35.5. The number of hydrogen-bond acceptors (Lipinski definition) is 5. The molecule has 0 aliphatic carbocycles. The van der Waals surface area contributed by atoms with E-state index >= 15 is 0 Å². The first-order valence-electron chi connectivity index (χ1n) is 11.5. The maximum atomic E-state index is 13.4. The van der Waals surface area contributed by atoms with Crippen LogP contribution in [0.1, 0.15) is 11.6 Å². The Kier molecular flexibility index (Phi) is 5.83. The molecule has 0 N–H and O–H groups in total. The molecular formula is C29H21ClN2O3S. The molecule has 2 atom stereocenters. The summed E-state index contributed by atoms with van der Waals surface area (Å²) in [4.78, 5) is 19.9. The number of thiazole rings is 1. The van der Waals surface area contributed by atoms with E-state index in [-0.39, 0.29) is 11.9 Å². The van der Waals surface area contributed by atoms with Crippen molar-refractivity contribution < 1.29 is 14.3 Å². The number of β-lactam (4-membered cyclic amide) rings is 1. The van der Waals surface area contributed by atoms with Crippen LogP contribution < -0.4 is 14.4 Å². The number of carbonyl (C=O) groups is 1. The number of para-hydroxylation sites is 1. The predicted octanol–water partition coefficient (Wildman–Crippen LogP) is 7.16. The number of carbonyl (C=O) groups excluding carboxylic acids is 1. The number of benzene rings is 4. The lowest BCUT2D eigenvalue weighted by Gasteiger charge is -2.46. The Labute approximate surface area is 217 Å². The van der Waals surface area contributed by atoms with E-state index in [9.17, 15) is 4.79 Å². The number of halogens is 1. The largest absolute Gasteiger partial charge is 0.497 e. The zero-order valence-corrected chi connectivity index (χ0v) is 20.9. The van der Waals surface area contributed by atoms with Gasteiger partial charge in [-0.1, -0.05) is 48.0 Å². The Hall–Kier alpha value is -3.87. The van der Waals surface area contributed by atoms with E-state index in [1.165, 1.54) is 0 Å². The summed E-state index contributed by atoms with van der Waals surface area (Å²) in [6.45, 7) is 0. The standard InChI is InChI=1S/C29H21ClN2O3S/c1-34-22-15-13-21(14-16-22)32-26(18-9-11-20(30)12-10-18)27(29(32)33)35-23-6-4-5-19(17-23)28-31-24-7-2-3-8-25(24)36-28/h2-17,26-27H,1H3/t26-,27+/m0/s1. The second-order valence-electron chi connectivity index (χ2n) is 8.46. The van der Waals surface area contributed by atoms with Gasteiger partial charge >= 0.3 is 0 Å². The number of amides is 1. The van der Waals surface area contributed by atoms with E-state index in [0.717, 1.165) is 37.8 Å². The van der Waals surface area contributed by atoms with Crippen molar-refractivity contribution in [1.82, 2.24) is 4.98 Å². The fraction of sp³-hybridized carbons (Fsp3) is 0.103. The molecule has 5 nitrogen and oxygen atoms in total. The summed E-state index contributed by atoms with van der Waals surface area (Å²) in [6, 6.07) is 30.5. The van der Waals surface area contributed by atoms with Crippen LogP contribution in [0.5, 0.6) is 11.5 Å². The van der Waals surface area contributed by atoms with Gasteiger partial charge in [0.1, 0.15) is 22.5 Å². The van der Waals surface area contributed by atoms with Crippen LogP contribution in [0.4, 0.5) is 5.69 Å². The molecular weight excluding hydrogens is 492 g/mol. The van der Waals surface area contributed by atoms with E-state index in [1.807, 2.05) is 91.0 Å². The summed E-state index contributed by atoms with van der Waals surface area (Å²) in [6.07, 6.45) is -0.668. The molecule has 1 aliphatic rings. The number of hydrogen-bond donors (Lipinski definition) is 0. The van der Waals surface area contributed by atoms with E-state index in [0.29, 0.717) is 10.8 Å². The van der Waals surface area contributed by atoms with Gasteiger partial charge in [-0.05, 0) is 66.2 Å². The first-order chi connectivity index (χ1) is 17.6. The highest BCUT2D eigenvalue weighted by Crippen LogP contribution is 2.42. The Balaban J connectivity index is 1.31. The topological polar surface area (TPSA) is 51.7 Å². The summed E-state index contributed by atoms with van der Waals surface area (Å²) < 4.78 is 12.7. The molecule has 2 heterocycles. The van der Waals surface area contributed by atoms with Crippen LogP contribution in [0.3, 0.4) is 0 Å². The predicted molar refractivity (Wildman–Crippen MR) is 144 cm³/mol. The van der Waals surface area contributed by atoms with Gasteiger partial charge in [-0.2, -0.15) is 0 Å². The number of methoxy groups -OCH3 is 1. The summed E-state index contributed by atoms with van der Waals surface area (Å²) in [5.74, 6) is 1.25. The summed E-state index contributed by atoms with van der Waals surface area (Å²) in [7, 11) is 1.62. The maximum absolute atomic E-state index is 13.4. The number of ether oxygens (including phenoxy) is 2. The third-order valence-electron chi connectivity index (χ3n) is 6.25. The molecule has 0 saturated carbocycles. The second kappa shape index (κ2) is 9.30. The van der Waals surface area contributed by atoms with Crippen LogP contribution in [-0.2, 0) is 4.79 Å². The van der Waals surface area contributed by atoms with Crippen LogP contribution in [-0.4, -0.2) is 24.1 Å². The Morgan fingerprint density at radius 1 is 0.889 bits per heavy atom. The fourth-order valence-corrected chi connectivity index (χ4v) is 5.52. The Morgan fingerprint density at radius 2 is 1.67 bits per heavy atom. The van der Waals surface area contributed by atoms with Gasteiger partial charge in [0.05, 0.1) is 17.3 Å². The van der Waals surface area contributed by atoms with Gasteiger partial charge in [0.25, 0.3) is 5.91 Å². The lowest BCUT2D eigenvalue weighted by Crippen LogP contribution is -2.61. The average Bonchev–Trinajstić information content (AvgIpc) is 3.36. The summed E-state index contributed by atoms with van der Waals surface area (Å²) in [5.41, 5.74) is 3.65. The van der Waals surface area contributed by atoms with E-state index in [2.05, 4.69) is 6.07 Å². The van der Waals surface area contributed by atoms with Crippen LogP contribution in [0.15, 0.2) is 97.1 Å². The van der Waals surface area contributed by atoms with Gasteiger partial charge in [-0.25, -0.2) is 4.98 Å². The van der Waals surface area contributed by atoms with Gasteiger partial charge in [0.15, 0.2) is 0 Å². The molecule has 1 fully saturated rings. The van der Waals surface area contributed by atoms with Crippen LogP contribution in [0.2, 0.25) is 5.02 Å². The van der Waals surface area contributed by atoms with Gasteiger partial charge in [-0.3, -0.25) is 9.69 Å².